The largest absolute Gasteiger partial charge is 0.325 e. The Labute approximate surface area is 187 Å². The molecule has 2 aromatic heterocycles. The lowest BCUT2D eigenvalue weighted by Gasteiger charge is -2.21. The topological polar surface area (TPSA) is 96.9 Å². The molecule has 9 heteroatoms. The Bertz CT molecular complexity index is 1180. The minimum atomic E-state index is -1.11. The smallest absolute Gasteiger partial charge is 0.236 e. The molecule has 4 rings (SSSR count). The number of rotatable bonds is 7. The Morgan fingerprint density at radius 2 is 1.97 bits per heavy atom. The summed E-state index contributed by atoms with van der Waals surface area (Å²) < 4.78 is 15.0. The molecule has 7 nitrogen and oxygen atoms in total. The number of terminal acetylenes is 1. The van der Waals surface area contributed by atoms with Crippen LogP contribution in [0.5, 0.6) is 0 Å². The number of nitrogens with zero attached hydrogens (tertiary/aromatic N) is 3. The zero-order valence-corrected chi connectivity index (χ0v) is 18.7. The van der Waals surface area contributed by atoms with Gasteiger partial charge in [0.25, 0.3) is 0 Å². The van der Waals surface area contributed by atoms with Gasteiger partial charge in [-0.15, -0.1) is 17.8 Å². The Kier molecular flexibility index (Phi) is 5.85. The highest BCUT2D eigenvalue weighted by Crippen LogP contribution is 2.31. The van der Waals surface area contributed by atoms with Crippen molar-refractivity contribution in [1.82, 2.24) is 15.0 Å². The van der Waals surface area contributed by atoms with Crippen LogP contribution in [-0.2, 0) is 21.2 Å². The molecule has 1 unspecified atom stereocenters. The fraction of sp³-hybridized carbons (Fsp3) is 0.273. The van der Waals surface area contributed by atoms with Gasteiger partial charge in [0.2, 0.25) is 5.91 Å². The second-order valence-corrected chi connectivity index (χ2v) is 10.1. The third kappa shape index (κ3) is 4.81. The fourth-order valence-corrected chi connectivity index (χ4v) is 4.87. The first-order valence-corrected chi connectivity index (χ1v) is 11.8. The van der Waals surface area contributed by atoms with E-state index in [0.29, 0.717) is 27.9 Å². The van der Waals surface area contributed by atoms with Gasteiger partial charge in [-0.05, 0) is 44.7 Å². The lowest BCUT2D eigenvalue weighted by molar-refractivity contribution is -0.120. The lowest BCUT2D eigenvalue weighted by atomic mass is 9.89. The number of hydrogen-bond donors (Lipinski definition) is 2. The highest BCUT2D eigenvalue weighted by molar-refractivity contribution is 7.87. The number of carbonyl (C=O) groups excluding carboxylic acids is 1. The molecule has 2 heterocycles. The number of thiazole rings is 1. The summed E-state index contributed by atoms with van der Waals surface area (Å²) >= 11 is 1.35. The van der Waals surface area contributed by atoms with Crippen molar-refractivity contribution in [2.75, 3.05) is 10.0 Å². The Morgan fingerprint density at radius 3 is 2.65 bits per heavy atom. The van der Waals surface area contributed by atoms with E-state index in [1.165, 1.54) is 17.5 Å². The Morgan fingerprint density at radius 1 is 1.23 bits per heavy atom. The zero-order chi connectivity index (χ0) is 22.0. The van der Waals surface area contributed by atoms with E-state index in [1.807, 2.05) is 31.4 Å². The normalized spacial score (nSPS) is 14.5. The van der Waals surface area contributed by atoms with Crippen molar-refractivity contribution in [3.05, 3.63) is 53.4 Å². The molecule has 158 valence electrons. The molecule has 1 aliphatic carbocycles. The SMILES string of the molecule is C#Cc1cncc(-c2ccc(NC(=O)C(C)(C)c3csc(NS(=O)C4CC4)n3)cc2)n1. The molecular formula is C22H21N5O2S2. The van der Waals surface area contributed by atoms with Gasteiger partial charge in [-0.2, -0.15) is 0 Å². The van der Waals surface area contributed by atoms with E-state index < -0.39 is 16.4 Å². The molecule has 0 aliphatic heterocycles. The van der Waals surface area contributed by atoms with Gasteiger partial charge in [-0.1, -0.05) is 12.1 Å². The van der Waals surface area contributed by atoms with E-state index in [9.17, 15) is 9.00 Å². The van der Waals surface area contributed by atoms with Crippen LogP contribution in [0.15, 0.2) is 42.0 Å². The summed E-state index contributed by atoms with van der Waals surface area (Å²) in [6, 6.07) is 7.32. The summed E-state index contributed by atoms with van der Waals surface area (Å²) in [7, 11) is -1.11. The van der Waals surface area contributed by atoms with Crippen LogP contribution in [-0.4, -0.2) is 30.3 Å². The number of anilines is 2. The summed E-state index contributed by atoms with van der Waals surface area (Å²) in [6.07, 6.45) is 10.5. The van der Waals surface area contributed by atoms with Crippen LogP contribution < -0.4 is 10.0 Å². The highest BCUT2D eigenvalue weighted by Gasteiger charge is 2.33. The molecule has 3 aromatic rings. The van der Waals surface area contributed by atoms with Gasteiger partial charge in [0, 0.05) is 16.6 Å². The molecule has 1 fully saturated rings. The monoisotopic (exact) mass is 451 g/mol. The molecule has 1 amide bonds. The number of benzene rings is 1. The number of carbonyl (C=O) groups is 1. The second-order valence-electron chi connectivity index (χ2n) is 7.73. The second kappa shape index (κ2) is 8.57. The predicted molar refractivity (Wildman–Crippen MR) is 124 cm³/mol. The summed E-state index contributed by atoms with van der Waals surface area (Å²) in [4.78, 5) is 25.9. The summed E-state index contributed by atoms with van der Waals surface area (Å²) in [5.41, 5.74) is 2.41. The third-order valence-corrected chi connectivity index (χ3v) is 7.31. The molecule has 1 aromatic carbocycles. The molecule has 1 saturated carbocycles. The lowest BCUT2D eigenvalue weighted by Crippen LogP contribution is -2.35. The molecule has 0 saturated heterocycles. The van der Waals surface area contributed by atoms with Crippen LogP contribution in [0.4, 0.5) is 10.8 Å². The van der Waals surface area contributed by atoms with Crippen LogP contribution in [0.25, 0.3) is 11.3 Å². The van der Waals surface area contributed by atoms with Crippen molar-refractivity contribution in [3.63, 3.8) is 0 Å². The van der Waals surface area contributed by atoms with Crippen molar-refractivity contribution in [2.45, 2.75) is 37.4 Å². The summed E-state index contributed by atoms with van der Waals surface area (Å²) in [6.45, 7) is 3.63. The molecule has 0 spiro atoms. The molecule has 1 atom stereocenters. The summed E-state index contributed by atoms with van der Waals surface area (Å²) in [5, 5.41) is 5.55. The van der Waals surface area contributed by atoms with Crippen molar-refractivity contribution < 1.29 is 9.00 Å². The van der Waals surface area contributed by atoms with Gasteiger partial charge < -0.3 is 5.32 Å². The van der Waals surface area contributed by atoms with E-state index in [1.54, 1.807) is 18.3 Å². The predicted octanol–water partition coefficient (Wildman–Crippen LogP) is 3.74. The maximum Gasteiger partial charge on any atom is 0.236 e. The fourth-order valence-electron chi connectivity index (χ4n) is 2.76. The maximum absolute atomic E-state index is 13.0. The van der Waals surface area contributed by atoms with Crippen LogP contribution in [0.3, 0.4) is 0 Å². The first-order chi connectivity index (χ1) is 14.9. The van der Waals surface area contributed by atoms with Crippen molar-refractivity contribution in [1.29, 1.82) is 0 Å². The minimum absolute atomic E-state index is 0.186. The average Bonchev–Trinajstić information content (AvgIpc) is 3.53. The standard InChI is InChI=1S/C22H21N5O2S2/c1-4-15-11-23-12-18(24-15)14-5-7-16(8-6-14)25-20(28)22(2,3)19-13-30-21(26-19)27-31(29)17-9-10-17/h1,5-8,11-13,17H,9-10H2,2-3H3,(H,25,28)(H,26,27). The molecule has 31 heavy (non-hydrogen) atoms. The van der Waals surface area contributed by atoms with Crippen LogP contribution in [0, 0.1) is 12.3 Å². The van der Waals surface area contributed by atoms with Crippen molar-refractivity contribution >= 4 is 39.0 Å². The molecular weight excluding hydrogens is 430 g/mol. The zero-order valence-electron chi connectivity index (χ0n) is 17.1. The number of hydrogen-bond acceptors (Lipinski definition) is 6. The first kappa shape index (κ1) is 21.2. The van der Waals surface area contributed by atoms with Gasteiger partial charge in [0.1, 0.15) is 16.7 Å². The van der Waals surface area contributed by atoms with Gasteiger partial charge in [-0.3, -0.25) is 14.5 Å². The van der Waals surface area contributed by atoms with E-state index >= 15 is 0 Å². The first-order valence-electron chi connectivity index (χ1n) is 9.70. The van der Waals surface area contributed by atoms with Gasteiger partial charge in [0.15, 0.2) is 5.13 Å². The molecule has 1 aliphatic rings. The Hall–Kier alpha value is -3.09. The number of nitrogens with one attached hydrogen (secondary N) is 2. The number of aromatic nitrogens is 3. The molecule has 0 bridgehead atoms. The van der Waals surface area contributed by atoms with E-state index in [4.69, 9.17) is 6.42 Å². The third-order valence-electron chi connectivity index (χ3n) is 4.95. The van der Waals surface area contributed by atoms with E-state index in [-0.39, 0.29) is 11.2 Å². The Balaban J connectivity index is 1.43. The number of amides is 1. The van der Waals surface area contributed by atoms with Crippen LogP contribution in [0.2, 0.25) is 0 Å². The van der Waals surface area contributed by atoms with Crippen molar-refractivity contribution in [3.8, 4) is 23.6 Å². The maximum atomic E-state index is 13.0. The van der Waals surface area contributed by atoms with Gasteiger partial charge in [0.05, 0.1) is 34.4 Å². The average molecular weight is 452 g/mol. The molecule has 2 N–H and O–H groups in total. The van der Waals surface area contributed by atoms with Crippen LogP contribution >= 0.6 is 11.3 Å². The summed E-state index contributed by atoms with van der Waals surface area (Å²) in [5.74, 6) is 2.28. The minimum Gasteiger partial charge on any atom is -0.325 e. The van der Waals surface area contributed by atoms with Gasteiger partial charge >= 0.3 is 0 Å². The highest BCUT2D eigenvalue weighted by atomic mass is 32.2. The van der Waals surface area contributed by atoms with E-state index in [0.717, 1.165) is 18.4 Å². The van der Waals surface area contributed by atoms with E-state index in [2.05, 4.69) is 30.9 Å². The quantitative estimate of drug-likeness (QED) is 0.534. The van der Waals surface area contributed by atoms with Crippen LogP contribution in [0.1, 0.15) is 38.1 Å². The van der Waals surface area contributed by atoms with Crippen molar-refractivity contribution in [2.24, 2.45) is 0 Å². The van der Waals surface area contributed by atoms with Gasteiger partial charge in [-0.25, -0.2) is 14.2 Å². The molecule has 0 radical (unpaired) electrons.